The van der Waals surface area contributed by atoms with Crippen LogP contribution >= 0.6 is 11.8 Å². The summed E-state index contributed by atoms with van der Waals surface area (Å²) in [6, 6.07) is 9.28. The maximum absolute atomic E-state index is 13.2. The van der Waals surface area contributed by atoms with Crippen LogP contribution in [0.5, 0.6) is 0 Å². The fraction of sp³-hybridized carbons (Fsp3) is 0.458. The average molecular weight is 456 g/mol. The number of ketones is 1. The number of carbonyl (C=O) groups excluding carboxylic acids is 1. The number of ether oxygens (including phenoxy) is 2. The fourth-order valence-electron chi connectivity index (χ4n) is 4.23. The van der Waals surface area contributed by atoms with Crippen LogP contribution in [0, 0.1) is 13.8 Å². The summed E-state index contributed by atoms with van der Waals surface area (Å²) in [5, 5.41) is 1.15. The van der Waals surface area contributed by atoms with E-state index in [9.17, 15) is 9.59 Å². The quantitative estimate of drug-likeness (QED) is 0.279. The Hall–Kier alpha value is -2.42. The van der Waals surface area contributed by atoms with Gasteiger partial charge in [-0.25, -0.2) is 4.98 Å². The highest BCUT2D eigenvalue weighted by atomic mass is 32.2. The van der Waals surface area contributed by atoms with Crippen molar-refractivity contribution < 1.29 is 14.3 Å². The normalized spacial score (nSPS) is 16.2. The number of rotatable bonds is 9. The molecular formula is C24H29N3O4S. The molecule has 1 fully saturated rings. The summed E-state index contributed by atoms with van der Waals surface area (Å²) < 4.78 is 14.7. The van der Waals surface area contributed by atoms with E-state index in [0.29, 0.717) is 41.3 Å². The molecule has 7 nitrogen and oxygen atoms in total. The van der Waals surface area contributed by atoms with E-state index in [4.69, 9.17) is 14.5 Å². The molecule has 3 heterocycles. The average Bonchev–Trinajstić information content (AvgIpc) is 3.40. The van der Waals surface area contributed by atoms with E-state index >= 15 is 0 Å². The van der Waals surface area contributed by atoms with Crippen LogP contribution in [0.2, 0.25) is 0 Å². The van der Waals surface area contributed by atoms with Gasteiger partial charge in [0.05, 0.1) is 35.9 Å². The molecule has 32 heavy (non-hydrogen) atoms. The SMILES string of the molecule is COCCn1c(C)cc(C(=O)CSc2nc3ccccc3c(=O)n2C[C@@H]2CCCO2)c1C. The van der Waals surface area contributed by atoms with Gasteiger partial charge >= 0.3 is 0 Å². The Labute approximate surface area is 191 Å². The van der Waals surface area contributed by atoms with E-state index in [1.807, 2.05) is 38.1 Å². The molecule has 3 aromatic rings. The Balaban J connectivity index is 1.60. The minimum absolute atomic E-state index is 0.00502. The van der Waals surface area contributed by atoms with Crippen molar-refractivity contribution in [2.45, 2.75) is 51.0 Å². The minimum atomic E-state index is -0.0845. The van der Waals surface area contributed by atoms with Crippen LogP contribution in [0.15, 0.2) is 40.3 Å². The molecule has 170 valence electrons. The lowest BCUT2D eigenvalue weighted by Gasteiger charge is -2.16. The Morgan fingerprint density at radius 3 is 2.84 bits per heavy atom. The van der Waals surface area contributed by atoms with Gasteiger partial charge in [-0.3, -0.25) is 14.2 Å². The third-order valence-corrected chi connectivity index (χ3v) is 6.94. The number of para-hydroxylation sites is 1. The minimum Gasteiger partial charge on any atom is -0.383 e. The number of fused-ring (bicyclic) bond motifs is 1. The molecule has 2 aromatic heterocycles. The molecular weight excluding hydrogens is 426 g/mol. The molecule has 1 saturated heterocycles. The van der Waals surface area contributed by atoms with Gasteiger partial charge in [0.15, 0.2) is 10.9 Å². The molecule has 0 radical (unpaired) electrons. The zero-order valence-electron chi connectivity index (χ0n) is 18.8. The predicted molar refractivity (Wildman–Crippen MR) is 126 cm³/mol. The van der Waals surface area contributed by atoms with E-state index in [0.717, 1.165) is 30.8 Å². The van der Waals surface area contributed by atoms with Gasteiger partial charge in [-0.05, 0) is 44.9 Å². The van der Waals surface area contributed by atoms with Crippen molar-refractivity contribution in [2.75, 3.05) is 26.1 Å². The number of carbonyl (C=O) groups is 1. The smallest absolute Gasteiger partial charge is 0.262 e. The van der Waals surface area contributed by atoms with Crippen molar-refractivity contribution in [1.29, 1.82) is 0 Å². The summed E-state index contributed by atoms with van der Waals surface area (Å²) in [5.74, 6) is 0.239. The number of aryl methyl sites for hydroxylation is 1. The summed E-state index contributed by atoms with van der Waals surface area (Å²) in [5.41, 5.74) is 3.24. The predicted octanol–water partition coefficient (Wildman–Crippen LogP) is 3.62. The zero-order valence-corrected chi connectivity index (χ0v) is 19.6. The molecule has 0 aliphatic carbocycles. The monoisotopic (exact) mass is 455 g/mol. The first-order valence-corrected chi connectivity index (χ1v) is 11.9. The van der Waals surface area contributed by atoms with E-state index in [2.05, 4.69) is 4.57 Å². The van der Waals surface area contributed by atoms with Crippen LogP contribution in [0.3, 0.4) is 0 Å². The number of methoxy groups -OCH3 is 1. The number of hydrogen-bond acceptors (Lipinski definition) is 6. The number of benzene rings is 1. The first kappa shape index (κ1) is 22.8. The van der Waals surface area contributed by atoms with Crippen molar-refractivity contribution in [1.82, 2.24) is 14.1 Å². The van der Waals surface area contributed by atoms with Crippen LogP contribution in [-0.2, 0) is 22.6 Å². The Morgan fingerprint density at radius 2 is 2.09 bits per heavy atom. The lowest BCUT2D eigenvalue weighted by molar-refractivity contribution is 0.0937. The van der Waals surface area contributed by atoms with Gasteiger partial charge in [0.2, 0.25) is 0 Å². The van der Waals surface area contributed by atoms with Crippen molar-refractivity contribution in [3.63, 3.8) is 0 Å². The number of Topliss-reactive ketones (excluding diaryl/α,β-unsaturated/α-hetero) is 1. The van der Waals surface area contributed by atoms with E-state index in [1.54, 1.807) is 17.7 Å². The fourth-order valence-corrected chi connectivity index (χ4v) is 5.12. The van der Waals surface area contributed by atoms with Gasteiger partial charge < -0.3 is 14.0 Å². The molecule has 1 atom stereocenters. The number of aromatic nitrogens is 3. The van der Waals surface area contributed by atoms with E-state index < -0.39 is 0 Å². The molecule has 0 N–H and O–H groups in total. The second-order valence-electron chi connectivity index (χ2n) is 8.10. The molecule has 4 rings (SSSR count). The van der Waals surface area contributed by atoms with Crippen molar-refractivity contribution in [3.8, 4) is 0 Å². The lowest BCUT2D eigenvalue weighted by Crippen LogP contribution is -2.29. The maximum Gasteiger partial charge on any atom is 0.262 e. The van der Waals surface area contributed by atoms with Crippen LogP contribution in [0.1, 0.15) is 34.6 Å². The van der Waals surface area contributed by atoms with Crippen molar-refractivity contribution in [2.24, 2.45) is 0 Å². The number of hydrogen-bond donors (Lipinski definition) is 0. The van der Waals surface area contributed by atoms with Crippen LogP contribution in [0.25, 0.3) is 10.9 Å². The van der Waals surface area contributed by atoms with Gasteiger partial charge in [0, 0.05) is 37.2 Å². The molecule has 0 amide bonds. The molecule has 0 bridgehead atoms. The molecule has 0 saturated carbocycles. The zero-order chi connectivity index (χ0) is 22.7. The summed E-state index contributed by atoms with van der Waals surface area (Å²) >= 11 is 1.32. The Morgan fingerprint density at radius 1 is 1.28 bits per heavy atom. The molecule has 1 aliphatic heterocycles. The Bertz CT molecular complexity index is 1180. The summed E-state index contributed by atoms with van der Waals surface area (Å²) in [6.45, 7) is 6.44. The second kappa shape index (κ2) is 10.0. The molecule has 8 heteroatoms. The highest BCUT2D eigenvalue weighted by Gasteiger charge is 2.22. The molecule has 1 aliphatic rings. The standard InChI is InChI=1S/C24H29N3O4S/c1-16-13-20(17(2)26(16)10-12-30-3)22(28)15-32-24-25-21-9-5-4-8-19(21)23(29)27(24)14-18-7-6-11-31-18/h4-5,8-9,13,18H,6-7,10-12,14-15H2,1-3H3/t18-/m0/s1. The third-order valence-electron chi connectivity index (χ3n) is 5.96. The number of nitrogens with zero attached hydrogens (tertiary/aromatic N) is 3. The topological polar surface area (TPSA) is 75.4 Å². The van der Waals surface area contributed by atoms with E-state index in [1.165, 1.54) is 11.8 Å². The second-order valence-corrected chi connectivity index (χ2v) is 9.05. The molecule has 1 aromatic carbocycles. The van der Waals surface area contributed by atoms with Gasteiger partial charge in [0.1, 0.15) is 0 Å². The largest absolute Gasteiger partial charge is 0.383 e. The first-order chi connectivity index (χ1) is 15.5. The third kappa shape index (κ3) is 4.67. The maximum atomic E-state index is 13.2. The van der Waals surface area contributed by atoms with Crippen LogP contribution < -0.4 is 5.56 Å². The van der Waals surface area contributed by atoms with Crippen LogP contribution in [0.4, 0.5) is 0 Å². The lowest BCUT2D eigenvalue weighted by atomic mass is 10.2. The molecule has 0 unspecified atom stereocenters. The molecule has 0 spiro atoms. The highest BCUT2D eigenvalue weighted by Crippen LogP contribution is 2.23. The number of thioether (sulfide) groups is 1. The first-order valence-electron chi connectivity index (χ1n) is 10.9. The van der Waals surface area contributed by atoms with Gasteiger partial charge in [-0.2, -0.15) is 0 Å². The van der Waals surface area contributed by atoms with Gasteiger partial charge in [-0.15, -0.1) is 0 Å². The van der Waals surface area contributed by atoms with Crippen molar-refractivity contribution in [3.05, 3.63) is 57.6 Å². The summed E-state index contributed by atoms with van der Waals surface area (Å²) in [4.78, 5) is 31.0. The van der Waals surface area contributed by atoms with Gasteiger partial charge in [-0.1, -0.05) is 23.9 Å². The van der Waals surface area contributed by atoms with Gasteiger partial charge in [0.25, 0.3) is 5.56 Å². The highest BCUT2D eigenvalue weighted by molar-refractivity contribution is 7.99. The Kier molecular flexibility index (Phi) is 7.13. The summed E-state index contributed by atoms with van der Waals surface area (Å²) in [6.07, 6.45) is 1.93. The summed E-state index contributed by atoms with van der Waals surface area (Å²) in [7, 11) is 1.67. The van der Waals surface area contributed by atoms with E-state index in [-0.39, 0.29) is 23.2 Å². The van der Waals surface area contributed by atoms with Crippen molar-refractivity contribution >= 4 is 28.4 Å². The van der Waals surface area contributed by atoms with Crippen LogP contribution in [-0.4, -0.2) is 52.1 Å².